The number of hydrogen-bond donors (Lipinski definition) is 1. The summed E-state index contributed by atoms with van der Waals surface area (Å²) in [6.45, 7) is 7.20. The molecule has 2 fully saturated rings. The van der Waals surface area contributed by atoms with Crippen molar-refractivity contribution < 1.29 is 9.47 Å². The van der Waals surface area contributed by atoms with Crippen LogP contribution in [0.4, 0.5) is 0 Å². The van der Waals surface area contributed by atoms with Gasteiger partial charge in [0.1, 0.15) is 5.72 Å². The van der Waals surface area contributed by atoms with Crippen molar-refractivity contribution in [2.24, 2.45) is 5.92 Å². The van der Waals surface area contributed by atoms with Crippen LogP contribution < -0.4 is 5.32 Å². The zero-order valence-corrected chi connectivity index (χ0v) is 10.4. The van der Waals surface area contributed by atoms with Gasteiger partial charge in [-0.1, -0.05) is 6.92 Å². The number of halogens is 1. The summed E-state index contributed by atoms with van der Waals surface area (Å²) in [7, 11) is 0. The van der Waals surface area contributed by atoms with E-state index in [1.807, 2.05) is 0 Å². The Bertz CT molecular complexity index is 187. The van der Waals surface area contributed by atoms with E-state index in [9.17, 15) is 0 Å². The van der Waals surface area contributed by atoms with E-state index >= 15 is 0 Å². The van der Waals surface area contributed by atoms with Crippen LogP contribution in [0.15, 0.2) is 0 Å². The van der Waals surface area contributed by atoms with Crippen molar-refractivity contribution in [2.45, 2.75) is 44.9 Å². The molecule has 0 saturated carbocycles. The van der Waals surface area contributed by atoms with E-state index in [1.165, 1.54) is 12.8 Å². The third-order valence-corrected chi connectivity index (χ3v) is 3.15. The molecule has 3 unspecified atom stereocenters. The summed E-state index contributed by atoms with van der Waals surface area (Å²) in [5.41, 5.74) is -0.151. The van der Waals surface area contributed by atoms with E-state index < -0.39 is 0 Å². The van der Waals surface area contributed by atoms with Gasteiger partial charge in [0.05, 0.1) is 12.7 Å². The highest BCUT2D eigenvalue weighted by Gasteiger charge is 2.33. The molecule has 2 heterocycles. The van der Waals surface area contributed by atoms with Crippen molar-refractivity contribution >= 4 is 12.4 Å². The smallest absolute Gasteiger partial charge is 0.118 e. The molecule has 0 bridgehead atoms. The van der Waals surface area contributed by atoms with Gasteiger partial charge in [-0.2, -0.15) is 0 Å². The average molecular weight is 236 g/mol. The maximum absolute atomic E-state index is 5.85. The summed E-state index contributed by atoms with van der Waals surface area (Å²) in [6.07, 6.45) is 3.79. The second-order valence-corrected chi connectivity index (χ2v) is 4.87. The van der Waals surface area contributed by atoms with E-state index in [-0.39, 0.29) is 18.1 Å². The second-order valence-electron chi connectivity index (χ2n) is 4.87. The first-order valence-corrected chi connectivity index (χ1v) is 5.68. The van der Waals surface area contributed by atoms with E-state index in [0.29, 0.717) is 12.0 Å². The second kappa shape index (κ2) is 5.48. The van der Waals surface area contributed by atoms with Crippen LogP contribution in [0.25, 0.3) is 0 Å². The topological polar surface area (TPSA) is 30.5 Å². The summed E-state index contributed by atoms with van der Waals surface area (Å²) < 4.78 is 11.5. The fourth-order valence-corrected chi connectivity index (χ4v) is 2.20. The van der Waals surface area contributed by atoms with E-state index in [2.05, 4.69) is 19.2 Å². The Balaban J connectivity index is 0.00000112. The van der Waals surface area contributed by atoms with Crippen LogP contribution in [0.3, 0.4) is 0 Å². The minimum atomic E-state index is -0.151. The third kappa shape index (κ3) is 3.59. The molecule has 15 heavy (non-hydrogen) atoms. The van der Waals surface area contributed by atoms with Gasteiger partial charge in [-0.15, -0.1) is 12.4 Å². The zero-order valence-electron chi connectivity index (χ0n) is 9.62. The standard InChI is InChI=1S/C11H21NO2.ClH/c1-9-7-12-11(2,14-8-9)6-10-4-3-5-13-10;/h9-10,12H,3-8H2,1-2H3;1H. The summed E-state index contributed by atoms with van der Waals surface area (Å²) in [6, 6.07) is 0. The number of hydrogen-bond acceptors (Lipinski definition) is 3. The average Bonchev–Trinajstić information content (AvgIpc) is 2.63. The number of rotatable bonds is 2. The summed E-state index contributed by atoms with van der Waals surface area (Å²) in [5, 5.41) is 3.47. The summed E-state index contributed by atoms with van der Waals surface area (Å²) >= 11 is 0. The van der Waals surface area contributed by atoms with Crippen molar-refractivity contribution in [3.05, 3.63) is 0 Å². The molecule has 0 spiro atoms. The minimum absolute atomic E-state index is 0. The number of nitrogens with one attached hydrogen (secondary N) is 1. The van der Waals surface area contributed by atoms with Crippen molar-refractivity contribution in [1.29, 1.82) is 0 Å². The molecule has 2 saturated heterocycles. The molecule has 0 radical (unpaired) electrons. The normalized spacial score (nSPS) is 41.2. The van der Waals surface area contributed by atoms with Gasteiger partial charge in [0.15, 0.2) is 0 Å². The lowest BCUT2D eigenvalue weighted by molar-refractivity contribution is -0.123. The molecule has 0 aromatic heterocycles. The lowest BCUT2D eigenvalue weighted by Gasteiger charge is -2.39. The van der Waals surface area contributed by atoms with E-state index in [1.54, 1.807) is 0 Å². The quantitative estimate of drug-likeness (QED) is 0.794. The lowest BCUT2D eigenvalue weighted by Crippen LogP contribution is -2.53. The molecule has 0 aromatic carbocycles. The van der Waals surface area contributed by atoms with Crippen molar-refractivity contribution in [1.82, 2.24) is 5.32 Å². The molecule has 4 heteroatoms. The molecule has 1 N–H and O–H groups in total. The Labute approximate surface area is 98.3 Å². The molecule has 0 aliphatic carbocycles. The third-order valence-electron chi connectivity index (χ3n) is 3.15. The Morgan fingerprint density at radius 3 is 2.80 bits per heavy atom. The zero-order chi connectivity index (χ0) is 10.0. The fraction of sp³-hybridized carbons (Fsp3) is 1.00. The first-order chi connectivity index (χ1) is 6.68. The van der Waals surface area contributed by atoms with Gasteiger partial charge < -0.3 is 9.47 Å². The van der Waals surface area contributed by atoms with Crippen LogP contribution in [0.5, 0.6) is 0 Å². The van der Waals surface area contributed by atoms with E-state index in [4.69, 9.17) is 9.47 Å². The van der Waals surface area contributed by atoms with Gasteiger partial charge in [-0.25, -0.2) is 0 Å². The highest BCUT2D eigenvalue weighted by Crippen LogP contribution is 2.26. The molecule has 3 atom stereocenters. The van der Waals surface area contributed by atoms with Crippen molar-refractivity contribution in [2.75, 3.05) is 19.8 Å². The Hall–Kier alpha value is 0.170. The summed E-state index contributed by atoms with van der Waals surface area (Å²) in [5.74, 6) is 0.632. The maximum atomic E-state index is 5.85. The maximum Gasteiger partial charge on any atom is 0.118 e. The Morgan fingerprint density at radius 2 is 2.27 bits per heavy atom. The van der Waals surface area contributed by atoms with Gasteiger partial charge in [0.25, 0.3) is 0 Å². The summed E-state index contributed by atoms with van der Waals surface area (Å²) in [4.78, 5) is 0. The molecule has 2 aliphatic heterocycles. The van der Waals surface area contributed by atoms with Crippen molar-refractivity contribution in [3.63, 3.8) is 0 Å². The molecule has 2 aliphatic rings. The Morgan fingerprint density at radius 1 is 1.47 bits per heavy atom. The fourth-order valence-electron chi connectivity index (χ4n) is 2.20. The van der Waals surface area contributed by atoms with Gasteiger partial charge in [0.2, 0.25) is 0 Å². The molecule has 90 valence electrons. The first kappa shape index (κ1) is 13.2. The van der Waals surface area contributed by atoms with Gasteiger partial charge >= 0.3 is 0 Å². The van der Waals surface area contributed by atoms with Crippen LogP contribution in [0.1, 0.15) is 33.1 Å². The molecule has 0 aromatic rings. The van der Waals surface area contributed by atoms with Gasteiger partial charge in [-0.05, 0) is 25.7 Å². The minimum Gasteiger partial charge on any atom is -0.378 e. The number of ether oxygens (including phenoxy) is 2. The lowest BCUT2D eigenvalue weighted by atomic mass is 10.0. The first-order valence-electron chi connectivity index (χ1n) is 5.68. The highest BCUT2D eigenvalue weighted by molar-refractivity contribution is 5.85. The molecule has 3 nitrogen and oxygen atoms in total. The highest BCUT2D eigenvalue weighted by atomic mass is 35.5. The van der Waals surface area contributed by atoms with Crippen molar-refractivity contribution in [3.8, 4) is 0 Å². The Kier molecular flexibility index (Phi) is 4.84. The molecular formula is C11H22ClNO2. The van der Waals surface area contributed by atoms with Gasteiger partial charge in [0, 0.05) is 19.6 Å². The molecule has 0 amide bonds. The van der Waals surface area contributed by atoms with Crippen LogP contribution in [0, 0.1) is 5.92 Å². The van der Waals surface area contributed by atoms with Gasteiger partial charge in [-0.3, -0.25) is 5.32 Å². The van der Waals surface area contributed by atoms with Crippen LogP contribution in [-0.2, 0) is 9.47 Å². The predicted molar refractivity (Wildman–Crippen MR) is 62.4 cm³/mol. The molecular weight excluding hydrogens is 214 g/mol. The predicted octanol–water partition coefficient (Wildman–Crippen LogP) is 1.95. The van der Waals surface area contributed by atoms with Crippen LogP contribution in [-0.4, -0.2) is 31.6 Å². The SMILES string of the molecule is CC1CNC(C)(CC2CCCO2)OC1.Cl. The van der Waals surface area contributed by atoms with Crippen LogP contribution in [0.2, 0.25) is 0 Å². The van der Waals surface area contributed by atoms with E-state index in [0.717, 1.165) is 26.2 Å². The molecule has 2 rings (SSSR count). The van der Waals surface area contributed by atoms with Crippen LogP contribution >= 0.6 is 12.4 Å². The monoisotopic (exact) mass is 235 g/mol. The largest absolute Gasteiger partial charge is 0.378 e.